The molecule has 0 unspecified atom stereocenters. The van der Waals surface area contributed by atoms with E-state index < -0.39 is 17.8 Å². The lowest BCUT2D eigenvalue weighted by Crippen LogP contribution is -2.53. The van der Waals surface area contributed by atoms with E-state index in [1.165, 1.54) is 24.5 Å². The summed E-state index contributed by atoms with van der Waals surface area (Å²) in [4.78, 5) is 38.1. The number of aromatic nitrogens is 1. The van der Waals surface area contributed by atoms with Gasteiger partial charge in [-0.25, -0.2) is 9.18 Å². The molecule has 0 radical (unpaired) electrons. The monoisotopic (exact) mass is 393 g/mol. The van der Waals surface area contributed by atoms with Crippen LogP contribution in [0.15, 0.2) is 71.0 Å². The number of furan rings is 1. The summed E-state index contributed by atoms with van der Waals surface area (Å²) in [7, 11) is 0. The largest absolute Gasteiger partial charge is 0.467 e. The Bertz CT molecular complexity index is 1100. The van der Waals surface area contributed by atoms with Gasteiger partial charge >= 0.3 is 6.03 Å². The highest BCUT2D eigenvalue weighted by Gasteiger charge is 2.36. The first-order chi connectivity index (χ1) is 14.0. The third kappa shape index (κ3) is 3.86. The van der Waals surface area contributed by atoms with Crippen molar-refractivity contribution in [2.75, 3.05) is 0 Å². The zero-order chi connectivity index (χ0) is 20.4. The highest BCUT2D eigenvalue weighted by atomic mass is 19.1. The van der Waals surface area contributed by atoms with Gasteiger partial charge in [0.15, 0.2) is 0 Å². The molecular weight excluding hydrogens is 377 g/mol. The highest BCUT2D eigenvalue weighted by Crippen LogP contribution is 2.18. The second-order valence-electron chi connectivity index (χ2n) is 6.48. The molecule has 1 N–H and O–H groups in total. The van der Waals surface area contributed by atoms with Gasteiger partial charge in [0.2, 0.25) is 0 Å². The molecule has 1 aliphatic heterocycles. The molecule has 1 saturated heterocycles. The van der Waals surface area contributed by atoms with Gasteiger partial charge in [-0.2, -0.15) is 0 Å². The number of nitrogens with one attached hydrogen (secondary N) is 1. The number of amides is 4. The molecule has 4 rings (SSSR count). The minimum absolute atomic E-state index is 0.0844. The Kier molecular flexibility index (Phi) is 4.82. The molecule has 29 heavy (non-hydrogen) atoms. The highest BCUT2D eigenvalue weighted by molar-refractivity contribution is 6.30. The Balaban J connectivity index is 1.60. The number of urea groups is 1. The Morgan fingerprint density at radius 3 is 2.52 bits per heavy atom. The zero-order valence-electron chi connectivity index (χ0n) is 15.2. The summed E-state index contributed by atoms with van der Waals surface area (Å²) in [6.45, 7) is 0.343. The minimum Gasteiger partial charge on any atom is -0.467 e. The van der Waals surface area contributed by atoms with Crippen molar-refractivity contribution in [3.63, 3.8) is 0 Å². The molecular formula is C21H16FN3O4. The van der Waals surface area contributed by atoms with Crippen LogP contribution in [-0.2, 0) is 22.7 Å². The Labute approximate surface area is 165 Å². The summed E-state index contributed by atoms with van der Waals surface area (Å²) in [5.74, 6) is -1.37. The first kappa shape index (κ1) is 18.4. The van der Waals surface area contributed by atoms with E-state index in [4.69, 9.17) is 4.42 Å². The molecule has 0 atom stereocenters. The van der Waals surface area contributed by atoms with Gasteiger partial charge in [0.1, 0.15) is 17.2 Å². The van der Waals surface area contributed by atoms with E-state index >= 15 is 0 Å². The fourth-order valence-corrected chi connectivity index (χ4v) is 3.03. The molecule has 0 aliphatic carbocycles. The van der Waals surface area contributed by atoms with Crippen LogP contribution < -0.4 is 5.32 Å². The van der Waals surface area contributed by atoms with E-state index in [2.05, 4.69) is 5.32 Å². The lowest BCUT2D eigenvalue weighted by Gasteiger charge is -2.25. The summed E-state index contributed by atoms with van der Waals surface area (Å²) >= 11 is 0. The van der Waals surface area contributed by atoms with Crippen LogP contribution in [0.4, 0.5) is 9.18 Å². The molecule has 1 aliphatic rings. The molecule has 2 aromatic heterocycles. The summed E-state index contributed by atoms with van der Waals surface area (Å²) in [6, 6.07) is 12.1. The fourth-order valence-electron chi connectivity index (χ4n) is 3.03. The molecule has 0 bridgehead atoms. The molecule has 3 aromatic rings. The second-order valence-corrected chi connectivity index (χ2v) is 6.48. The maximum Gasteiger partial charge on any atom is 0.331 e. The summed E-state index contributed by atoms with van der Waals surface area (Å²) in [6.07, 6.45) is 4.65. The number of hydrogen-bond donors (Lipinski definition) is 1. The van der Waals surface area contributed by atoms with E-state index in [9.17, 15) is 18.8 Å². The number of halogens is 1. The van der Waals surface area contributed by atoms with Crippen LogP contribution in [0.1, 0.15) is 17.0 Å². The zero-order valence-corrected chi connectivity index (χ0v) is 15.2. The predicted octanol–water partition coefficient (Wildman–Crippen LogP) is 2.93. The maximum absolute atomic E-state index is 13.1. The Morgan fingerprint density at radius 1 is 1.00 bits per heavy atom. The van der Waals surface area contributed by atoms with Crippen LogP contribution in [0.25, 0.3) is 6.08 Å². The second kappa shape index (κ2) is 7.59. The van der Waals surface area contributed by atoms with Crippen molar-refractivity contribution in [2.45, 2.75) is 13.1 Å². The van der Waals surface area contributed by atoms with Gasteiger partial charge in [0.25, 0.3) is 11.8 Å². The topological polar surface area (TPSA) is 84.6 Å². The molecule has 1 aromatic carbocycles. The van der Waals surface area contributed by atoms with Crippen molar-refractivity contribution < 1.29 is 23.2 Å². The van der Waals surface area contributed by atoms with Crippen LogP contribution in [-0.4, -0.2) is 27.3 Å². The van der Waals surface area contributed by atoms with E-state index in [0.29, 0.717) is 18.0 Å². The fraction of sp³-hybridized carbons (Fsp3) is 0.0952. The van der Waals surface area contributed by atoms with Gasteiger partial charge in [0.05, 0.1) is 12.8 Å². The van der Waals surface area contributed by atoms with E-state index in [0.717, 1.165) is 10.5 Å². The molecule has 3 heterocycles. The van der Waals surface area contributed by atoms with Gasteiger partial charge in [-0.05, 0) is 48.0 Å². The van der Waals surface area contributed by atoms with Crippen molar-refractivity contribution in [1.82, 2.24) is 14.8 Å². The number of carbonyl (C=O) groups excluding carboxylic acids is 3. The van der Waals surface area contributed by atoms with E-state index in [-0.39, 0.29) is 17.9 Å². The van der Waals surface area contributed by atoms with Crippen LogP contribution in [0.5, 0.6) is 0 Å². The van der Waals surface area contributed by atoms with E-state index in [1.54, 1.807) is 42.6 Å². The van der Waals surface area contributed by atoms with Gasteiger partial charge in [-0.1, -0.05) is 12.1 Å². The Morgan fingerprint density at radius 2 is 1.79 bits per heavy atom. The average Bonchev–Trinajstić information content (AvgIpc) is 3.36. The molecule has 0 saturated carbocycles. The van der Waals surface area contributed by atoms with Crippen LogP contribution in [0.2, 0.25) is 0 Å². The van der Waals surface area contributed by atoms with Crippen LogP contribution >= 0.6 is 0 Å². The van der Waals surface area contributed by atoms with Crippen molar-refractivity contribution in [2.24, 2.45) is 0 Å². The number of barbiturate groups is 1. The Hall–Kier alpha value is -3.94. The molecule has 0 spiro atoms. The van der Waals surface area contributed by atoms with Crippen molar-refractivity contribution in [1.29, 1.82) is 0 Å². The maximum atomic E-state index is 13.1. The molecule has 8 heteroatoms. The molecule has 4 amide bonds. The van der Waals surface area contributed by atoms with Gasteiger partial charge in [-0.3, -0.25) is 19.8 Å². The third-order valence-electron chi connectivity index (χ3n) is 4.50. The minimum atomic E-state index is -0.796. The van der Waals surface area contributed by atoms with E-state index in [1.807, 2.05) is 4.57 Å². The number of rotatable bonds is 5. The third-order valence-corrected chi connectivity index (χ3v) is 4.50. The smallest absolute Gasteiger partial charge is 0.331 e. The van der Waals surface area contributed by atoms with Crippen molar-refractivity contribution >= 4 is 23.9 Å². The molecule has 1 fully saturated rings. The first-order valence-electron chi connectivity index (χ1n) is 8.82. The molecule has 146 valence electrons. The normalized spacial score (nSPS) is 15.8. The SMILES string of the molecule is O=C1NC(=O)N(Cc2ccco2)C(=O)/C1=C/c1cccn1Cc1ccc(F)cc1. The van der Waals surface area contributed by atoms with Gasteiger partial charge in [-0.15, -0.1) is 0 Å². The number of benzene rings is 1. The van der Waals surface area contributed by atoms with Crippen LogP contribution in [0, 0.1) is 5.82 Å². The number of nitrogens with zero attached hydrogens (tertiary/aromatic N) is 2. The van der Waals surface area contributed by atoms with Crippen LogP contribution in [0.3, 0.4) is 0 Å². The number of hydrogen-bond acceptors (Lipinski definition) is 4. The quantitative estimate of drug-likeness (QED) is 0.534. The van der Waals surface area contributed by atoms with Gasteiger partial charge in [0, 0.05) is 18.4 Å². The first-order valence-corrected chi connectivity index (χ1v) is 8.82. The summed E-state index contributed by atoms with van der Waals surface area (Å²) in [5.41, 5.74) is 1.30. The average molecular weight is 393 g/mol. The predicted molar refractivity (Wildman–Crippen MR) is 101 cm³/mol. The lowest BCUT2D eigenvalue weighted by atomic mass is 10.1. The van der Waals surface area contributed by atoms with Crippen molar-refractivity contribution in [3.8, 4) is 0 Å². The lowest BCUT2D eigenvalue weighted by molar-refractivity contribution is -0.130. The number of imide groups is 2. The summed E-state index contributed by atoms with van der Waals surface area (Å²) in [5, 5.41) is 2.18. The van der Waals surface area contributed by atoms with Gasteiger partial charge < -0.3 is 8.98 Å². The standard InChI is InChI=1S/C21H16FN3O4/c22-15-7-5-14(6-8-15)12-24-9-1-3-16(24)11-18-19(26)23-21(28)25(20(18)27)13-17-4-2-10-29-17/h1-11H,12-13H2,(H,23,26,28)/b18-11+. The summed E-state index contributed by atoms with van der Waals surface area (Å²) < 4.78 is 20.1. The molecule has 7 nitrogen and oxygen atoms in total. The van der Waals surface area contributed by atoms with Crippen molar-refractivity contribution in [3.05, 3.63) is 89.4 Å². The number of carbonyl (C=O) groups is 3.